The fraction of sp³-hybridized carbons (Fsp3) is 0.647. The van der Waals surface area contributed by atoms with Gasteiger partial charge >= 0.3 is 0 Å². The van der Waals surface area contributed by atoms with E-state index in [4.69, 9.17) is 4.98 Å². The van der Waals surface area contributed by atoms with E-state index in [0.717, 1.165) is 42.4 Å². The number of rotatable bonds is 8. The van der Waals surface area contributed by atoms with E-state index >= 15 is 0 Å². The van der Waals surface area contributed by atoms with Crippen molar-refractivity contribution in [1.29, 1.82) is 0 Å². The number of anilines is 1. The summed E-state index contributed by atoms with van der Waals surface area (Å²) in [6, 6.07) is 0.437. The van der Waals surface area contributed by atoms with Crippen LogP contribution in [0.1, 0.15) is 59.0 Å². The minimum atomic E-state index is 0.341. The van der Waals surface area contributed by atoms with Crippen LogP contribution in [0.15, 0.2) is 18.3 Å². The summed E-state index contributed by atoms with van der Waals surface area (Å²) in [6.07, 6.45) is 1.96. The average molecular weight is 290 g/mol. The number of nitrogens with zero attached hydrogens (tertiary/aromatic N) is 3. The molecule has 1 N–H and O–H groups in total. The van der Waals surface area contributed by atoms with Gasteiger partial charge in [-0.15, -0.1) is 0 Å². The van der Waals surface area contributed by atoms with Gasteiger partial charge in [-0.05, 0) is 13.8 Å². The Hall–Kier alpha value is -1.42. The van der Waals surface area contributed by atoms with Crippen molar-refractivity contribution < 1.29 is 0 Å². The van der Waals surface area contributed by atoms with Gasteiger partial charge in [0.25, 0.3) is 0 Å². The van der Waals surface area contributed by atoms with Gasteiger partial charge < -0.3 is 10.2 Å². The lowest BCUT2D eigenvalue weighted by Gasteiger charge is -2.26. The third-order valence-corrected chi connectivity index (χ3v) is 3.24. The van der Waals surface area contributed by atoms with E-state index in [1.807, 2.05) is 6.20 Å². The van der Waals surface area contributed by atoms with Crippen LogP contribution in [-0.2, 0) is 6.54 Å². The number of likely N-dealkylation sites (N-methyl/N-ethyl adjacent to an activating group) is 1. The number of aromatic nitrogens is 2. The molecule has 0 aromatic carbocycles. The van der Waals surface area contributed by atoms with Gasteiger partial charge in [0, 0.05) is 31.6 Å². The van der Waals surface area contributed by atoms with E-state index in [-0.39, 0.29) is 0 Å². The van der Waals surface area contributed by atoms with E-state index in [2.05, 4.69) is 63.3 Å². The maximum atomic E-state index is 4.78. The summed E-state index contributed by atoms with van der Waals surface area (Å²) in [7, 11) is 0. The maximum absolute atomic E-state index is 4.78. The Kier molecular flexibility index (Phi) is 6.82. The first-order valence-corrected chi connectivity index (χ1v) is 7.83. The van der Waals surface area contributed by atoms with E-state index in [0.29, 0.717) is 12.0 Å². The predicted octanol–water partition coefficient (Wildman–Crippen LogP) is 3.50. The smallest absolute Gasteiger partial charge is 0.131 e. The van der Waals surface area contributed by atoms with Crippen LogP contribution in [0.2, 0.25) is 0 Å². The minimum absolute atomic E-state index is 0.341. The van der Waals surface area contributed by atoms with Crippen molar-refractivity contribution >= 4 is 5.69 Å². The van der Waals surface area contributed by atoms with Crippen molar-refractivity contribution in [2.75, 3.05) is 18.0 Å². The summed E-state index contributed by atoms with van der Waals surface area (Å²) in [5, 5.41) is 3.46. The zero-order valence-electron chi connectivity index (χ0n) is 14.4. The third kappa shape index (κ3) is 5.46. The molecule has 0 amide bonds. The number of hydrogen-bond donors (Lipinski definition) is 1. The number of nitrogens with one attached hydrogen (secondary N) is 1. The van der Waals surface area contributed by atoms with Crippen molar-refractivity contribution in [3.05, 3.63) is 29.9 Å². The van der Waals surface area contributed by atoms with Crippen molar-refractivity contribution in [3.63, 3.8) is 0 Å². The van der Waals surface area contributed by atoms with Crippen molar-refractivity contribution in [1.82, 2.24) is 15.3 Å². The molecule has 4 heteroatoms. The number of hydrogen-bond acceptors (Lipinski definition) is 4. The first kappa shape index (κ1) is 17.6. The van der Waals surface area contributed by atoms with Gasteiger partial charge in [-0.3, -0.25) is 0 Å². The van der Waals surface area contributed by atoms with Crippen LogP contribution in [0.3, 0.4) is 0 Å². The van der Waals surface area contributed by atoms with Crippen molar-refractivity contribution in [2.45, 2.75) is 60.0 Å². The van der Waals surface area contributed by atoms with E-state index in [9.17, 15) is 0 Å². The molecule has 1 aromatic rings. The molecule has 0 radical (unpaired) electrons. The lowest BCUT2D eigenvalue weighted by molar-refractivity contribution is 0.576. The van der Waals surface area contributed by atoms with Crippen LogP contribution in [0, 0.1) is 0 Å². The van der Waals surface area contributed by atoms with Gasteiger partial charge in [0.1, 0.15) is 5.82 Å². The fourth-order valence-electron chi connectivity index (χ4n) is 2.09. The largest absolute Gasteiger partial charge is 0.365 e. The summed E-state index contributed by atoms with van der Waals surface area (Å²) in [5.74, 6) is 1.25. The zero-order valence-corrected chi connectivity index (χ0v) is 14.4. The molecule has 0 fully saturated rings. The SMILES string of the molecule is C=C(C)CN(CC)c1cnc(C(C)C)nc1CNC(C)C. The van der Waals surface area contributed by atoms with Crippen LogP contribution < -0.4 is 10.2 Å². The van der Waals surface area contributed by atoms with Crippen LogP contribution in [-0.4, -0.2) is 29.1 Å². The molecule has 0 bridgehead atoms. The molecule has 1 heterocycles. The Morgan fingerprint density at radius 3 is 2.48 bits per heavy atom. The molecule has 0 saturated heterocycles. The molecule has 1 aromatic heterocycles. The Labute approximate surface area is 129 Å². The molecule has 0 aliphatic carbocycles. The molecule has 0 aliphatic heterocycles. The van der Waals surface area contributed by atoms with E-state index in [1.165, 1.54) is 0 Å². The Morgan fingerprint density at radius 2 is 2.00 bits per heavy atom. The highest BCUT2D eigenvalue weighted by atomic mass is 15.2. The highest BCUT2D eigenvalue weighted by Gasteiger charge is 2.14. The second-order valence-electron chi connectivity index (χ2n) is 6.22. The summed E-state index contributed by atoms with van der Waals surface area (Å²) in [6.45, 7) is 19.3. The predicted molar refractivity (Wildman–Crippen MR) is 90.8 cm³/mol. The molecule has 0 unspecified atom stereocenters. The van der Waals surface area contributed by atoms with Crippen LogP contribution in [0.4, 0.5) is 5.69 Å². The van der Waals surface area contributed by atoms with Gasteiger partial charge in [-0.2, -0.15) is 0 Å². The summed E-state index contributed by atoms with van der Waals surface area (Å²) < 4.78 is 0. The Bertz CT molecular complexity index is 466. The molecule has 0 atom stereocenters. The van der Waals surface area contributed by atoms with Crippen molar-refractivity contribution in [2.24, 2.45) is 0 Å². The molecule has 0 aliphatic rings. The lowest BCUT2D eigenvalue weighted by atomic mass is 10.2. The summed E-state index contributed by atoms with van der Waals surface area (Å²) >= 11 is 0. The van der Waals surface area contributed by atoms with Crippen LogP contribution in [0.25, 0.3) is 0 Å². The van der Waals surface area contributed by atoms with Crippen LogP contribution in [0.5, 0.6) is 0 Å². The molecule has 21 heavy (non-hydrogen) atoms. The fourth-order valence-corrected chi connectivity index (χ4v) is 2.09. The lowest BCUT2D eigenvalue weighted by Crippen LogP contribution is -2.29. The van der Waals surface area contributed by atoms with Gasteiger partial charge in [-0.1, -0.05) is 39.8 Å². The van der Waals surface area contributed by atoms with Gasteiger partial charge in [0.05, 0.1) is 17.6 Å². The second kappa shape index (κ2) is 8.13. The van der Waals surface area contributed by atoms with E-state index < -0.39 is 0 Å². The van der Waals surface area contributed by atoms with Crippen molar-refractivity contribution in [3.8, 4) is 0 Å². The summed E-state index contributed by atoms with van der Waals surface area (Å²) in [4.78, 5) is 11.6. The highest BCUT2D eigenvalue weighted by Crippen LogP contribution is 2.21. The summed E-state index contributed by atoms with van der Waals surface area (Å²) in [5.41, 5.74) is 3.33. The maximum Gasteiger partial charge on any atom is 0.131 e. The molecule has 4 nitrogen and oxygen atoms in total. The molecule has 118 valence electrons. The third-order valence-electron chi connectivity index (χ3n) is 3.24. The molecule has 0 saturated carbocycles. The monoisotopic (exact) mass is 290 g/mol. The van der Waals surface area contributed by atoms with Crippen LogP contribution >= 0.6 is 0 Å². The molecular formula is C17H30N4. The molecular weight excluding hydrogens is 260 g/mol. The average Bonchev–Trinajstić information content (AvgIpc) is 2.42. The topological polar surface area (TPSA) is 41.1 Å². The highest BCUT2D eigenvalue weighted by molar-refractivity contribution is 5.50. The first-order chi connectivity index (χ1) is 9.85. The molecule has 0 spiro atoms. The Balaban J connectivity index is 3.12. The zero-order chi connectivity index (χ0) is 16.0. The minimum Gasteiger partial charge on any atom is -0.365 e. The van der Waals surface area contributed by atoms with Gasteiger partial charge in [-0.25, -0.2) is 9.97 Å². The van der Waals surface area contributed by atoms with Gasteiger partial charge in [0.15, 0.2) is 0 Å². The van der Waals surface area contributed by atoms with E-state index in [1.54, 1.807) is 0 Å². The van der Waals surface area contributed by atoms with Gasteiger partial charge in [0.2, 0.25) is 0 Å². The molecule has 1 rings (SSSR count). The normalized spacial score (nSPS) is 11.2. The first-order valence-electron chi connectivity index (χ1n) is 7.83. The standard InChI is InChI=1S/C17H30N4/c1-8-21(11-12(2)3)16-10-19-17(13(4)5)20-15(16)9-18-14(6)7/h10,13-14,18H,2,8-9,11H2,1,3-7H3. The second-order valence-corrected chi connectivity index (χ2v) is 6.22. The Morgan fingerprint density at radius 1 is 1.33 bits per heavy atom. The quantitative estimate of drug-likeness (QED) is 0.744.